The molecule has 10 heteroatoms. The average Bonchev–Trinajstić information content (AvgIpc) is 3.00. The Kier molecular flexibility index (Phi) is 5.72. The van der Waals surface area contributed by atoms with Crippen LogP contribution in [0.15, 0.2) is 6.07 Å². The molecule has 2 aliphatic rings. The number of nitrogens with zero attached hydrogens (tertiary/aromatic N) is 3. The van der Waals surface area contributed by atoms with Crippen LogP contribution < -0.4 is 10.6 Å². The Morgan fingerprint density at radius 2 is 2.32 bits per heavy atom. The summed E-state index contributed by atoms with van der Waals surface area (Å²) in [5, 5.41) is 10.6. The lowest BCUT2D eigenvalue weighted by Gasteiger charge is -2.31. The van der Waals surface area contributed by atoms with Crippen molar-refractivity contribution in [3.05, 3.63) is 17.5 Å². The van der Waals surface area contributed by atoms with Gasteiger partial charge in [0.15, 0.2) is 0 Å². The van der Waals surface area contributed by atoms with Crippen LogP contribution in [0.2, 0.25) is 0 Å². The molecule has 0 aromatic carbocycles. The Balaban J connectivity index is 1.41. The van der Waals surface area contributed by atoms with Gasteiger partial charge in [0.05, 0.1) is 36.9 Å². The lowest BCUT2D eigenvalue weighted by atomic mass is 10.2. The number of nitrogens with one attached hydrogen (secondary N) is 2. The summed E-state index contributed by atoms with van der Waals surface area (Å²) in [6.45, 7) is 3.90. The molecular weight excluding hydrogens is 346 g/mol. The molecule has 0 radical (unpaired) electrons. The van der Waals surface area contributed by atoms with E-state index in [4.69, 9.17) is 4.74 Å². The third kappa shape index (κ3) is 5.00. The van der Waals surface area contributed by atoms with E-state index in [-0.39, 0.29) is 18.6 Å². The minimum atomic E-state index is -3.22. The molecule has 140 valence electrons. The first-order valence-corrected chi connectivity index (χ1v) is 10.4. The Hall–Kier alpha value is -1.49. The van der Waals surface area contributed by atoms with Crippen LogP contribution in [0.5, 0.6) is 0 Å². The quantitative estimate of drug-likeness (QED) is 0.644. The number of carbonyl (C=O) groups is 1. The first-order valence-electron chi connectivity index (χ1n) is 8.51. The third-order valence-corrected chi connectivity index (χ3v) is 5.70. The summed E-state index contributed by atoms with van der Waals surface area (Å²) < 4.78 is 32.1. The second-order valence-corrected chi connectivity index (χ2v) is 8.43. The van der Waals surface area contributed by atoms with Gasteiger partial charge in [0, 0.05) is 45.6 Å². The summed E-state index contributed by atoms with van der Waals surface area (Å²) >= 11 is 0. The summed E-state index contributed by atoms with van der Waals surface area (Å²) in [6, 6.07) is 2.04. The van der Waals surface area contributed by atoms with E-state index in [1.165, 1.54) is 10.6 Å². The molecule has 1 atom stereocenters. The number of hydrogen-bond acceptors (Lipinski definition) is 6. The zero-order chi connectivity index (χ0) is 17.9. The second-order valence-electron chi connectivity index (χ2n) is 6.44. The standard InChI is InChI=1S/C15H25N5O4S/c1-25(22,23)19-6-7-24-14(11-19)10-17-15(21)3-2-12-8-13-9-16-4-5-20(13)18-12/h8,14,16H,2-7,9-11H2,1H3,(H,17,21). The van der Waals surface area contributed by atoms with Crippen molar-refractivity contribution < 1.29 is 17.9 Å². The normalized spacial score (nSPS) is 21.7. The second kappa shape index (κ2) is 7.81. The van der Waals surface area contributed by atoms with Gasteiger partial charge >= 0.3 is 0 Å². The van der Waals surface area contributed by atoms with Crippen LogP contribution in [0.3, 0.4) is 0 Å². The molecule has 2 aliphatic heterocycles. The number of amides is 1. The predicted molar refractivity (Wildman–Crippen MR) is 91.4 cm³/mol. The van der Waals surface area contributed by atoms with E-state index in [1.807, 2.05) is 10.7 Å². The highest BCUT2D eigenvalue weighted by molar-refractivity contribution is 7.88. The molecular formula is C15H25N5O4S. The van der Waals surface area contributed by atoms with Gasteiger partial charge in [-0.3, -0.25) is 9.48 Å². The average molecular weight is 371 g/mol. The summed E-state index contributed by atoms with van der Waals surface area (Å²) in [6.07, 6.45) is 1.83. The number of ether oxygens (including phenoxy) is 1. The van der Waals surface area contributed by atoms with Crippen molar-refractivity contribution in [1.82, 2.24) is 24.7 Å². The predicted octanol–water partition coefficient (Wildman–Crippen LogP) is -1.30. The lowest BCUT2D eigenvalue weighted by molar-refractivity contribution is -0.122. The van der Waals surface area contributed by atoms with E-state index in [2.05, 4.69) is 15.7 Å². The highest BCUT2D eigenvalue weighted by Crippen LogP contribution is 2.10. The Bertz CT molecular complexity index is 694. The van der Waals surface area contributed by atoms with Crippen LogP contribution in [0.1, 0.15) is 17.8 Å². The van der Waals surface area contributed by atoms with Gasteiger partial charge in [-0.2, -0.15) is 9.40 Å². The molecule has 1 unspecified atom stereocenters. The number of rotatable bonds is 6. The van der Waals surface area contributed by atoms with Gasteiger partial charge < -0.3 is 15.4 Å². The minimum Gasteiger partial charge on any atom is -0.374 e. The monoisotopic (exact) mass is 371 g/mol. The Morgan fingerprint density at radius 1 is 1.48 bits per heavy atom. The first kappa shape index (κ1) is 18.3. The van der Waals surface area contributed by atoms with E-state index in [9.17, 15) is 13.2 Å². The van der Waals surface area contributed by atoms with Crippen molar-refractivity contribution >= 4 is 15.9 Å². The van der Waals surface area contributed by atoms with E-state index in [0.717, 1.165) is 31.0 Å². The van der Waals surface area contributed by atoms with Crippen molar-refractivity contribution in [2.75, 3.05) is 39.0 Å². The molecule has 9 nitrogen and oxygen atoms in total. The van der Waals surface area contributed by atoms with Crippen LogP contribution >= 0.6 is 0 Å². The number of hydrogen-bond donors (Lipinski definition) is 2. The number of fused-ring (bicyclic) bond motifs is 1. The SMILES string of the molecule is CS(=O)(=O)N1CCOC(CNC(=O)CCc2cc3n(n2)CCNC3)C1. The summed E-state index contributed by atoms with van der Waals surface area (Å²) in [5.41, 5.74) is 2.07. The van der Waals surface area contributed by atoms with Gasteiger partial charge in [0.1, 0.15) is 0 Å². The fourth-order valence-corrected chi connectivity index (χ4v) is 3.89. The number of aryl methyl sites for hydroxylation is 1. The van der Waals surface area contributed by atoms with Gasteiger partial charge in [-0.15, -0.1) is 0 Å². The van der Waals surface area contributed by atoms with Gasteiger partial charge in [-0.1, -0.05) is 0 Å². The Morgan fingerprint density at radius 3 is 3.08 bits per heavy atom. The van der Waals surface area contributed by atoms with Crippen molar-refractivity contribution in [3.8, 4) is 0 Å². The molecule has 25 heavy (non-hydrogen) atoms. The molecule has 0 saturated carbocycles. The molecule has 2 N–H and O–H groups in total. The summed E-state index contributed by atoms with van der Waals surface area (Å²) in [5.74, 6) is -0.0795. The fraction of sp³-hybridized carbons (Fsp3) is 0.733. The molecule has 0 aliphatic carbocycles. The number of morpholine rings is 1. The maximum Gasteiger partial charge on any atom is 0.220 e. The number of carbonyl (C=O) groups excluding carboxylic acids is 1. The maximum absolute atomic E-state index is 12.0. The van der Waals surface area contributed by atoms with Crippen molar-refractivity contribution in [1.29, 1.82) is 0 Å². The zero-order valence-corrected chi connectivity index (χ0v) is 15.2. The third-order valence-electron chi connectivity index (χ3n) is 4.43. The molecule has 1 aromatic heterocycles. The molecule has 1 fully saturated rings. The molecule has 3 rings (SSSR count). The molecule has 3 heterocycles. The van der Waals surface area contributed by atoms with E-state index >= 15 is 0 Å². The molecule has 1 amide bonds. The van der Waals surface area contributed by atoms with Crippen LogP contribution in [-0.2, 0) is 39.1 Å². The van der Waals surface area contributed by atoms with Crippen LogP contribution in [0.4, 0.5) is 0 Å². The molecule has 1 aromatic rings. The zero-order valence-electron chi connectivity index (χ0n) is 14.4. The van der Waals surface area contributed by atoms with Crippen molar-refractivity contribution in [2.45, 2.75) is 32.0 Å². The van der Waals surface area contributed by atoms with Crippen LogP contribution in [0.25, 0.3) is 0 Å². The van der Waals surface area contributed by atoms with Crippen molar-refractivity contribution in [3.63, 3.8) is 0 Å². The van der Waals surface area contributed by atoms with Crippen LogP contribution in [0, 0.1) is 0 Å². The lowest BCUT2D eigenvalue weighted by Crippen LogP contribution is -2.49. The largest absolute Gasteiger partial charge is 0.374 e. The fourth-order valence-electron chi connectivity index (χ4n) is 3.05. The van der Waals surface area contributed by atoms with Crippen molar-refractivity contribution in [2.24, 2.45) is 0 Å². The number of aromatic nitrogens is 2. The molecule has 0 bridgehead atoms. The van der Waals surface area contributed by atoms with Gasteiger partial charge in [0.2, 0.25) is 15.9 Å². The summed E-state index contributed by atoms with van der Waals surface area (Å²) in [7, 11) is -3.22. The van der Waals surface area contributed by atoms with E-state index in [1.54, 1.807) is 0 Å². The van der Waals surface area contributed by atoms with Gasteiger partial charge in [-0.25, -0.2) is 8.42 Å². The summed E-state index contributed by atoms with van der Waals surface area (Å²) in [4.78, 5) is 12.0. The van der Waals surface area contributed by atoms with E-state index < -0.39 is 10.0 Å². The number of sulfonamides is 1. The smallest absolute Gasteiger partial charge is 0.220 e. The molecule has 1 saturated heterocycles. The topological polar surface area (TPSA) is 106 Å². The minimum absolute atomic E-state index is 0.0795. The van der Waals surface area contributed by atoms with Gasteiger partial charge in [0.25, 0.3) is 0 Å². The first-order chi connectivity index (χ1) is 11.9. The molecule has 0 spiro atoms. The van der Waals surface area contributed by atoms with Gasteiger partial charge in [-0.05, 0) is 6.07 Å². The Labute approximate surface area is 147 Å². The van der Waals surface area contributed by atoms with Crippen LogP contribution in [-0.4, -0.2) is 73.6 Å². The highest BCUT2D eigenvalue weighted by atomic mass is 32.2. The highest BCUT2D eigenvalue weighted by Gasteiger charge is 2.26. The van der Waals surface area contributed by atoms with E-state index in [0.29, 0.717) is 32.5 Å². The maximum atomic E-state index is 12.0.